The van der Waals surface area contributed by atoms with E-state index >= 15 is 0 Å². The first-order valence-electron chi connectivity index (χ1n) is 7.02. The lowest BCUT2D eigenvalue weighted by molar-refractivity contribution is -0.111. The summed E-state index contributed by atoms with van der Waals surface area (Å²) in [6.45, 7) is 3.77. The molecule has 1 aromatic carbocycles. The number of aromatic nitrogens is 3. The maximum Gasteiger partial charge on any atom is 0.248 e. The Hall–Kier alpha value is -2.95. The zero-order valence-corrected chi connectivity index (χ0v) is 12.4. The first-order valence-corrected chi connectivity index (χ1v) is 7.02. The third-order valence-corrected chi connectivity index (χ3v) is 3.34. The van der Waals surface area contributed by atoms with E-state index in [0.29, 0.717) is 5.78 Å². The van der Waals surface area contributed by atoms with Crippen molar-refractivity contribution in [3.8, 4) is 11.3 Å². The Bertz CT molecular complexity index is 831. The second-order valence-electron chi connectivity index (χ2n) is 4.97. The highest BCUT2D eigenvalue weighted by atomic mass is 16.1. The summed E-state index contributed by atoms with van der Waals surface area (Å²) in [7, 11) is 0. The van der Waals surface area contributed by atoms with E-state index in [1.807, 2.05) is 54.9 Å². The van der Waals surface area contributed by atoms with Gasteiger partial charge in [0.1, 0.15) is 0 Å². The van der Waals surface area contributed by atoms with Gasteiger partial charge in [-0.05, 0) is 37.6 Å². The summed E-state index contributed by atoms with van der Waals surface area (Å²) in [5.41, 5.74) is 3.54. The lowest BCUT2D eigenvalue weighted by Gasteiger charge is -2.08. The minimum absolute atomic E-state index is 0.139. The SMILES string of the molecule is C/C=C\C(=O)Nc1cc(-c2cn3cccnc3n2)ccc1C. The number of imidazole rings is 1. The summed E-state index contributed by atoms with van der Waals surface area (Å²) in [6.07, 6.45) is 8.75. The zero-order chi connectivity index (χ0) is 15.5. The average Bonchev–Trinajstić information content (AvgIpc) is 2.93. The first kappa shape index (κ1) is 14.0. The summed E-state index contributed by atoms with van der Waals surface area (Å²) in [5, 5.41) is 2.88. The van der Waals surface area contributed by atoms with Gasteiger partial charge in [0.2, 0.25) is 11.7 Å². The minimum atomic E-state index is -0.139. The molecule has 1 N–H and O–H groups in total. The van der Waals surface area contributed by atoms with Crippen LogP contribution in [0.15, 0.2) is 55.0 Å². The molecule has 0 aliphatic rings. The number of benzene rings is 1. The number of carbonyl (C=O) groups excluding carboxylic acids is 1. The Morgan fingerprint density at radius 3 is 3.00 bits per heavy atom. The topological polar surface area (TPSA) is 59.3 Å². The second-order valence-corrected chi connectivity index (χ2v) is 4.97. The Balaban J connectivity index is 1.99. The highest BCUT2D eigenvalue weighted by molar-refractivity contribution is 6.00. The van der Waals surface area contributed by atoms with Crippen LogP contribution in [0, 0.1) is 6.92 Å². The molecule has 2 heterocycles. The van der Waals surface area contributed by atoms with Crippen molar-refractivity contribution in [2.75, 3.05) is 5.32 Å². The van der Waals surface area contributed by atoms with E-state index in [9.17, 15) is 4.79 Å². The number of amides is 1. The normalized spacial score (nSPS) is 11.2. The van der Waals surface area contributed by atoms with Crippen molar-refractivity contribution in [3.63, 3.8) is 0 Å². The van der Waals surface area contributed by atoms with Gasteiger partial charge in [0.15, 0.2) is 0 Å². The van der Waals surface area contributed by atoms with Crippen molar-refractivity contribution < 1.29 is 4.79 Å². The van der Waals surface area contributed by atoms with Crippen molar-refractivity contribution in [1.29, 1.82) is 0 Å². The predicted molar refractivity (Wildman–Crippen MR) is 86.6 cm³/mol. The highest BCUT2D eigenvalue weighted by Gasteiger charge is 2.08. The van der Waals surface area contributed by atoms with Crippen LogP contribution in [0.2, 0.25) is 0 Å². The van der Waals surface area contributed by atoms with Gasteiger partial charge in [-0.15, -0.1) is 0 Å². The van der Waals surface area contributed by atoms with Crippen molar-refractivity contribution in [1.82, 2.24) is 14.4 Å². The van der Waals surface area contributed by atoms with Crippen LogP contribution in [-0.4, -0.2) is 20.3 Å². The van der Waals surface area contributed by atoms with Gasteiger partial charge in [0.05, 0.1) is 5.69 Å². The molecule has 0 radical (unpaired) electrons. The maximum atomic E-state index is 11.7. The van der Waals surface area contributed by atoms with Crippen LogP contribution < -0.4 is 5.32 Å². The first-order chi connectivity index (χ1) is 10.7. The van der Waals surface area contributed by atoms with Gasteiger partial charge in [-0.25, -0.2) is 9.97 Å². The molecule has 0 spiro atoms. The summed E-state index contributed by atoms with van der Waals surface area (Å²) < 4.78 is 1.87. The summed E-state index contributed by atoms with van der Waals surface area (Å²) >= 11 is 0. The van der Waals surface area contributed by atoms with Crippen LogP contribution >= 0.6 is 0 Å². The molecule has 1 amide bonds. The molecule has 0 unspecified atom stereocenters. The van der Waals surface area contributed by atoms with Gasteiger partial charge < -0.3 is 5.32 Å². The Labute approximate surface area is 128 Å². The van der Waals surface area contributed by atoms with E-state index in [0.717, 1.165) is 22.5 Å². The molecule has 3 rings (SSSR count). The zero-order valence-electron chi connectivity index (χ0n) is 12.4. The van der Waals surface area contributed by atoms with Crippen LogP contribution in [-0.2, 0) is 4.79 Å². The van der Waals surface area contributed by atoms with Gasteiger partial charge in [0.25, 0.3) is 0 Å². The molecule has 110 valence electrons. The minimum Gasteiger partial charge on any atom is -0.322 e. The lowest BCUT2D eigenvalue weighted by Crippen LogP contribution is -2.08. The average molecular weight is 292 g/mol. The Morgan fingerprint density at radius 2 is 2.23 bits per heavy atom. The van der Waals surface area contributed by atoms with Gasteiger partial charge in [0, 0.05) is 29.8 Å². The quantitative estimate of drug-likeness (QED) is 0.754. The third kappa shape index (κ3) is 2.74. The van der Waals surface area contributed by atoms with Crippen LogP contribution in [0.25, 0.3) is 17.0 Å². The lowest BCUT2D eigenvalue weighted by atomic mass is 10.1. The molecule has 0 bridgehead atoms. The molecule has 0 saturated carbocycles. The van der Waals surface area contributed by atoms with Gasteiger partial charge in [-0.2, -0.15) is 0 Å². The van der Waals surface area contributed by atoms with E-state index in [1.165, 1.54) is 6.08 Å². The number of hydrogen-bond donors (Lipinski definition) is 1. The van der Waals surface area contributed by atoms with Crippen molar-refractivity contribution in [2.24, 2.45) is 0 Å². The number of hydrogen-bond acceptors (Lipinski definition) is 3. The second kappa shape index (κ2) is 5.81. The van der Waals surface area contributed by atoms with E-state index in [1.54, 1.807) is 12.3 Å². The third-order valence-electron chi connectivity index (χ3n) is 3.34. The molecule has 3 aromatic rings. The number of anilines is 1. The van der Waals surface area contributed by atoms with Crippen LogP contribution in [0.1, 0.15) is 12.5 Å². The van der Waals surface area contributed by atoms with Crippen LogP contribution in [0.5, 0.6) is 0 Å². The fourth-order valence-corrected chi connectivity index (χ4v) is 2.21. The number of allylic oxidation sites excluding steroid dienone is 1. The van der Waals surface area contributed by atoms with Crippen molar-refractivity contribution in [3.05, 3.63) is 60.6 Å². The molecule has 0 atom stereocenters. The van der Waals surface area contributed by atoms with E-state index in [4.69, 9.17) is 0 Å². The molecule has 22 heavy (non-hydrogen) atoms. The number of nitrogens with one attached hydrogen (secondary N) is 1. The number of carbonyl (C=O) groups is 1. The van der Waals surface area contributed by atoms with Crippen LogP contribution in [0.3, 0.4) is 0 Å². The summed E-state index contributed by atoms with van der Waals surface area (Å²) in [5.74, 6) is 0.511. The van der Waals surface area contributed by atoms with E-state index in [2.05, 4.69) is 15.3 Å². The molecule has 2 aromatic heterocycles. The van der Waals surface area contributed by atoms with Gasteiger partial charge in [-0.1, -0.05) is 18.2 Å². The Kier molecular flexibility index (Phi) is 3.70. The molecule has 0 aliphatic heterocycles. The predicted octanol–water partition coefficient (Wildman–Crippen LogP) is 3.22. The fourth-order valence-electron chi connectivity index (χ4n) is 2.21. The molecule has 5 nitrogen and oxygen atoms in total. The number of fused-ring (bicyclic) bond motifs is 1. The molecule has 5 heteroatoms. The van der Waals surface area contributed by atoms with Crippen molar-refractivity contribution >= 4 is 17.4 Å². The standard InChI is InChI=1S/C17H16N4O/c1-3-5-16(22)19-14-10-13(7-6-12(14)2)15-11-21-9-4-8-18-17(21)20-15/h3-11H,1-2H3,(H,19,22)/b5-3-. The molecule has 0 fully saturated rings. The monoisotopic (exact) mass is 292 g/mol. The van der Waals surface area contributed by atoms with Crippen LogP contribution in [0.4, 0.5) is 5.69 Å². The summed E-state index contributed by atoms with van der Waals surface area (Å²) in [6, 6.07) is 7.75. The number of aryl methyl sites for hydroxylation is 1. The number of rotatable bonds is 3. The highest BCUT2D eigenvalue weighted by Crippen LogP contribution is 2.25. The fraction of sp³-hybridized carbons (Fsp3) is 0.118. The Morgan fingerprint density at radius 1 is 1.36 bits per heavy atom. The maximum absolute atomic E-state index is 11.7. The largest absolute Gasteiger partial charge is 0.322 e. The number of nitrogens with zero attached hydrogens (tertiary/aromatic N) is 3. The smallest absolute Gasteiger partial charge is 0.248 e. The van der Waals surface area contributed by atoms with Gasteiger partial charge >= 0.3 is 0 Å². The van der Waals surface area contributed by atoms with E-state index in [-0.39, 0.29) is 5.91 Å². The molecular weight excluding hydrogens is 276 g/mol. The van der Waals surface area contributed by atoms with Crippen molar-refractivity contribution in [2.45, 2.75) is 13.8 Å². The van der Waals surface area contributed by atoms with Gasteiger partial charge in [-0.3, -0.25) is 9.20 Å². The van der Waals surface area contributed by atoms with E-state index < -0.39 is 0 Å². The summed E-state index contributed by atoms with van der Waals surface area (Å²) in [4.78, 5) is 20.4. The molecular formula is C17H16N4O. The molecule has 0 saturated heterocycles. The molecule has 0 aliphatic carbocycles.